The summed E-state index contributed by atoms with van der Waals surface area (Å²) >= 11 is 0. The first-order chi connectivity index (χ1) is 6.24. The lowest BCUT2D eigenvalue weighted by atomic mass is 9.98. The smallest absolute Gasteiger partial charge is 0.0715 e. The van der Waals surface area contributed by atoms with Crippen LogP contribution in [0.25, 0.3) is 0 Å². The van der Waals surface area contributed by atoms with Crippen molar-refractivity contribution in [3.05, 3.63) is 42.5 Å². The third kappa shape index (κ3) is 3.19. The summed E-state index contributed by atoms with van der Waals surface area (Å²) in [6.45, 7) is 6.00. The molecule has 0 aliphatic heterocycles. The van der Waals surface area contributed by atoms with Gasteiger partial charge in [-0.15, -0.1) is 6.58 Å². The lowest BCUT2D eigenvalue weighted by Gasteiger charge is -2.10. The first-order valence-electron chi connectivity index (χ1n) is 4.64. The van der Waals surface area contributed by atoms with Gasteiger partial charge in [0, 0.05) is 0 Å². The Bertz CT molecular complexity index is 278. The van der Waals surface area contributed by atoms with Crippen molar-refractivity contribution in [1.29, 1.82) is 0 Å². The van der Waals surface area contributed by atoms with Crippen LogP contribution in [0.2, 0.25) is 0 Å². The molecule has 0 fully saturated rings. The summed E-state index contributed by atoms with van der Waals surface area (Å²) in [4.78, 5) is 0. The molecule has 1 aromatic carbocycles. The molecular formula is C12H15Si. The molecule has 13 heavy (non-hydrogen) atoms. The average Bonchev–Trinajstić information content (AvgIpc) is 2.09. The molecule has 1 rings (SSSR count). The quantitative estimate of drug-likeness (QED) is 0.501. The van der Waals surface area contributed by atoms with Crippen LogP contribution in [-0.2, 0) is 6.42 Å². The largest absolute Gasteiger partial charge is 0.103 e. The summed E-state index contributed by atoms with van der Waals surface area (Å²) in [7, 11) is 3.60. The second-order valence-corrected chi connectivity index (χ2v) is 4.03. The fourth-order valence-corrected chi connectivity index (χ4v) is 1.72. The summed E-state index contributed by atoms with van der Waals surface area (Å²) < 4.78 is 0. The molecular weight excluding hydrogens is 172 g/mol. The predicted molar refractivity (Wildman–Crippen MR) is 59.5 cm³/mol. The van der Waals surface area contributed by atoms with Gasteiger partial charge in [-0.1, -0.05) is 42.5 Å². The Morgan fingerprint density at radius 1 is 1.46 bits per heavy atom. The van der Waals surface area contributed by atoms with E-state index in [1.54, 1.807) is 0 Å². The van der Waals surface area contributed by atoms with E-state index in [1.165, 1.54) is 10.8 Å². The van der Waals surface area contributed by atoms with E-state index in [2.05, 4.69) is 41.9 Å². The van der Waals surface area contributed by atoms with Crippen molar-refractivity contribution in [1.82, 2.24) is 0 Å². The monoisotopic (exact) mass is 187 g/mol. The van der Waals surface area contributed by atoms with Crippen molar-refractivity contribution in [2.24, 2.45) is 5.92 Å². The van der Waals surface area contributed by atoms with Gasteiger partial charge in [-0.3, -0.25) is 0 Å². The number of benzene rings is 1. The van der Waals surface area contributed by atoms with Crippen molar-refractivity contribution in [2.75, 3.05) is 0 Å². The molecule has 0 nitrogen and oxygen atoms in total. The first kappa shape index (κ1) is 10.3. The maximum Gasteiger partial charge on any atom is 0.0715 e. The van der Waals surface area contributed by atoms with Crippen LogP contribution in [-0.4, -0.2) is 10.2 Å². The summed E-state index contributed by atoms with van der Waals surface area (Å²) in [5, 5.41) is 1.21. The Labute approximate surface area is 84.1 Å². The molecule has 0 amide bonds. The van der Waals surface area contributed by atoms with E-state index in [-0.39, 0.29) is 0 Å². The zero-order valence-electron chi connectivity index (χ0n) is 8.09. The average molecular weight is 187 g/mol. The number of hydrogen-bond acceptors (Lipinski definition) is 0. The summed E-state index contributed by atoms with van der Waals surface area (Å²) in [5.41, 5.74) is 1.38. The number of rotatable bonds is 4. The van der Waals surface area contributed by atoms with Crippen molar-refractivity contribution < 1.29 is 0 Å². The van der Waals surface area contributed by atoms with Crippen LogP contribution in [0.1, 0.15) is 18.9 Å². The maximum absolute atomic E-state index is 3.75. The molecule has 0 bridgehead atoms. The van der Waals surface area contributed by atoms with Gasteiger partial charge in [0.05, 0.1) is 10.2 Å². The molecule has 3 radical (unpaired) electrons. The van der Waals surface area contributed by atoms with Crippen LogP contribution >= 0.6 is 0 Å². The Balaban J connectivity index is 2.63. The van der Waals surface area contributed by atoms with Crippen LogP contribution in [0, 0.1) is 5.92 Å². The Kier molecular flexibility index (Phi) is 3.97. The van der Waals surface area contributed by atoms with Gasteiger partial charge in [-0.05, 0) is 24.3 Å². The highest BCUT2D eigenvalue weighted by atomic mass is 28.1. The van der Waals surface area contributed by atoms with Gasteiger partial charge in [0.15, 0.2) is 0 Å². The third-order valence-electron chi connectivity index (χ3n) is 2.15. The lowest BCUT2D eigenvalue weighted by molar-refractivity contribution is 0.592. The molecule has 0 N–H and O–H groups in total. The maximum atomic E-state index is 3.75. The summed E-state index contributed by atoms with van der Waals surface area (Å²) in [6.07, 6.45) is 4.19. The Morgan fingerprint density at radius 3 is 2.77 bits per heavy atom. The molecule has 1 heteroatoms. The molecule has 1 aromatic rings. The van der Waals surface area contributed by atoms with E-state index in [0.29, 0.717) is 5.92 Å². The summed E-state index contributed by atoms with van der Waals surface area (Å²) in [6, 6.07) is 8.39. The second kappa shape index (κ2) is 5.03. The molecule has 1 atom stereocenters. The van der Waals surface area contributed by atoms with Crippen molar-refractivity contribution in [3.63, 3.8) is 0 Å². The van der Waals surface area contributed by atoms with E-state index in [0.717, 1.165) is 12.8 Å². The highest BCUT2D eigenvalue weighted by molar-refractivity contribution is 6.33. The van der Waals surface area contributed by atoms with Gasteiger partial charge in [-0.2, -0.15) is 0 Å². The summed E-state index contributed by atoms with van der Waals surface area (Å²) in [5.74, 6) is 0.676. The molecule has 0 aliphatic rings. The van der Waals surface area contributed by atoms with Gasteiger partial charge in [0.1, 0.15) is 0 Å². The molecule has 0 aromatic heterocycles. The van der Waals surface area contributed by atoms with Crippen LogP contribution in [0.4, 0.5) is 0 Å². The third-order valence-corrected chi connectivity index (χ3v) is 2.64. The second-order valence-electron chi connectivity index (χ2n) is 3.49. The van der Waals surface area contributed by atoms with Gasteiger partial charge in [0.25, 0.3) is 0 Å². The minimum atomic E-state index is 0.676. The SMILES string of the molecule is C=CCC(C)Cc1ccccc1[Si]. The Morgan fingerprint density at radius 2 is 2.15 bits per heavy atom. The molecule has 1 unspecified atom stereocenters. The van der Waals surface area contributed by atoms with E-state index in [4.69, 9.17) is 0 Å². The lowest BCUT2D eigenvalue weighted by Crippen LogP contribution is -2.12. The topological polar surface area (TPSA) is 0 Å². The number of allylic oxidation sites excluding steroid dienone is 1. The van der Waals surface area contributed by atoms with Crippen LogP contribution in [0.3, 0.4) is 0 Å². The van der Waals surface area contributed by atoms with Crippen molar-refractivity contribution in [2.45, 2.75) is 19.8 Å². The normalized spacial score (nSPS) is 12.5. The first-order valence-corrected chi connectivity index (χ1v) is 5.14. The zero-order valence-corrected chi connectivity index (χ0v) is 9.09. The van der Waals surface area contributed by atoms with E-state index >= 15 is 0 Å². The van der Waals surface area contributed by atoms with E-state index in [1.807, 2.05) is 12.1 Å². The van der Waals surface area contributed by atoms with E-state index < -0.39 is 0 Å². The standard InChI is InChI=1S/C12H15Si/c1-3-6-10(2)9-11-7-4-5-8-12(11)13/h3-5,7-8,10H,1,6,9H2,2H3. The number of hydrogen-bond donors (Lipinski definition) is 0. The minimum Gasteiger partial charge on any atom is -0.103 e. The van der Waals surface area contributed by atoms with E-state index in [9.17, 15) is 0 Å². The van der Waals surface area contributed by atoms with Crippen LogP contribution in [0.15, 0.2) is 36.9 Å². The predicted octanol–water partition coefficient (Wildman–Crippen LogP) is 2.24. The highest BCUT2D eigenvalue weighted by Crippen LogP contribution is 2.09. The van der Waals surface area contributed by atoms with Gasteiger partial charge >= 0.3 is 0 Å². The molecule has 0 aliphatic carbocycles. The minimum absolute atomic E-state index is 0.676. The van der Waals surface area contributed by atoms with Crippen molar-refractivity contribution in [3.8, 4) is 0 Å². The van der Waals surface area contributed by atoms with Crippen LogP contribution < -0.4 is 5.19 Å². The fourth-order valence-electron chi connectivity index (χ4n) is 1.44. The fraction of sp³-hybridized carbons (Fsp3) is 0.333. The van der Waals surface area contributed by atoms with Crippen LogP contribution in [0.5, 0.6) is 0 Å². The van der Waals surface area contributed by atoms with Gasteiger partial charge in [-0.25, -0.2) is 0 Å². The van der Waals surface area contributed by atoms with Gasteiger partial charge < -0.3 is 0 Å². The molecule has 0 heterocycles. The van der Waals surface area contributed by atoms with Crippen molar-refractivity contribution >= 4 is 15.4 Å². The highest BCUT2D eigenvalue weighted by Gasteiger charge is 2.02. The zero-order chi connectivity index (χ0) is 9.68. The molecule has 0 spiro atoms. The molecule has 0 saturated carbocycles. The van der Waals surface area contributed by atoms with Gasteiger partial charge in [0.2, 0.25) is 0 Å². The molecule has 67 valence electrons. The molecule has 0 saturated heterocycles. The Hall–Kier alpha value is -0.823.